The van der Waals surface area contributed by atoms with Gasteiger partial charge in [-0.05, 0) is 49.5 Å². The van der Waals surface area contributed by atoms with E-state index in [1.165, 1.54) is 25.5 Å². The number of likely N-dealkylation sites (tertiary alicyclic amines) is 1. The maximum absolute atomic E-state index is 11.0. The van der Waals surface area contributed by atoms with Crippen LogP contribution in [0.4, 0.5) is 11.4 Å². The van der Waals surface area contributed by atoms with Gasteiger partial charge in [0, 0.05) is 37.8 Å². The van der Waals surface area contributed by atoms with E-state index in [1.807, 2.05) is 0 Å². The molecule has 26 heavy (non-hydrogen) atoms. The molecule has 4 rings (SSSR count). The number of hydrogen-bond donors (Lipinski definition) is 1. The van der Waals surface area contributed by atoms with Crippen molar-refractivity contribution in [2.45, 2.75) is 31.7 Å². The van der Waals surface area contributed by atoms with E-state index in [4.69, 9.17) is 4.74 Å². The van der Waals surface area contributed by atoms with Crippen LogP contribution in [-0.4, -0.2) is 42.6 Å². The van der Waals surface area contributed by atoms with Crippen LogP contribution in [0.15, 0.2) is 30.4 Å². The Morgan fingerprint density at radius 1 is 1.27 bits per heavy atom. The van der Waals surface area contributed by atoms with E-state index in [9.17, 15) is 10.1 Å². The maximum atomic E-state index is 11.0. The molecule has 2 aliphatic carbocycles. The Morgan fingerprint density at radius 3 is 2.69 bits per heavy atom. The van der Waals surface area contributed by atoms with E-state index in [1.54, 1.807) is 19.2 Å². The first-order valence-corrected chi connectivity index (χ1v) is 9.62. The molecule has 1 aromatic carbocycles. The number of anilines is 1. The summed E-state index contributed by atoms with van der Waals surface area (Å²) in [5, 5.41) is 14.5. The first-order valence-electron chi connectivity index (χ1n) is 9.62. The maximum Gasteiger partial charge on any atom is 0.271 e. The fourth-order valence-electron chi connectivity index (χ4n) is 4.84. The molecule has 1 saturated carbocycles. The van der Waals surface area contributed by atoms with Gasteiger partial charge in [0.25, 0.3) is 5.69 Å². The number of benzene rings is 1. The second-order valence-corrected chi connectivity index (χ2v) is 7.90. The Labute approximate surface area is 154 Å². The number of non-ortho nitro benzene ring substituents is 1. The molecule has 1 aromatic rings. The van der Waals surface area contributed by atoms with Crippen molar-refractivity contribution >= 4 is 11.4 Å². The molecular formula is C20H27N3O3. The van der Waals surface area contributed by atoms with Gasteiger partial charge in [-0.1, -0.05) is 12.2 Å². The molecule has 1 aliphatic heterocycles. The van der Waals surface area contributed by atoms with Crippen LogP contribution < -0.4 is 10.1 Å². The lowest BCUT2D eigenvalue weighted by Gasteiger charge is -2.35. The quantitative estimate of drug-likeness (QED) is 0.478. The van der Waals surface area contributed by atoms with Crippen molar-refractivity contribution in [3.05, 3.63) is 40.5 Å². The first kappa shape index (κ1) is 17.3. The van der Waals surface area contributed by atoms with Crippen molar-refractivity contribution in [1.82, 2.24) is 4.90 Å². The molecule has 0 aromatic heterocycles. The molecule has 3 atom stereocenters. The third kappa shape index (κ3) is 3.56. The van der Waals surface area contributed by atoms with Gasteiger partial charge in [-0.2, -0.15) is 0 Å². The van der Waals surface area contributed by atoms with Crippen LogP contribution in [0.25, 0.3) is 0 Å². The molecular weight excluding hydrogens is 330 g/mol. The van der Waals surface area contributed by atoms with Crippen LogP contribution >= 0.6 is 0 Å². The second kappa shape index (κ2) is 7.27. The fourth-order valence-corrected chi connectivity index (χ4v) is 4.84. The minimum absolute atomic E-state index is 0.0927. The minimum atomic E-state index is -0.364. The topological polar surface area (TPSA) is 67.6 Å². The molecule has 1 heterocycles. The highest BCUT2D eigenvalue weighted by molar-refractivity contribution is 5.62. The van der Waals surface area contributed by atoms with Crippen LogP contribution in [0.2, 0.25) is 0 Å². The molecule has 6 heteroatoms. The van der Waals surface area contributed by atoms with Gasteiger partial charge in [-0.25, -0.2) is 0 Å². The zero-order chi connectivity index (χ0) is 18.1. The van der Waals surface area contributed by atoms with E-state index in [2.05, 4.69) is 22.4 Å². The van der Waals surface area contributed by atoms with Gasteiger partial charge in [0.15, 0.2) is 0 Å². The normalized spacial score (nSPS) is 28.4. The molecule has 6 nitrogen and oxygen atoms in total. The monoisotopic (exact) mass is 357 g/mol. The van der Waals surface area contributed by atoms with Crippen molar-refractivity contribution < 1.29 is 9.66 Å². The van der Waals surface area contributed by atoms with E-state index < -0.39 is 0 Å². The van der Waals surface area contributed by atoms with Gasteiger partial charge < -0.3 is 15.0 Å². The average Bonchev–Trinajstić information content (AvgIpc) is 3.26. The van der Waals surface area contributed by atoms with E-state index in [0.717, 1.165) is 49.4 Å². The molecule has 1 saturated heterocycles. The molecule has 0 unspecified atom stereocenters. The molecule has 2 bridgehead atoms. The number of hydrogen-bond acceptors (Lipinski definition) is 5. The van der Waals surface area contributed by atoms with E-state index in [0.29, 0.717) is 11.8 Å². The number of ether oxygens (including phenoxy) is 1. The fraction of sp³-hybridized carbons (Fsp3) is 0.600. The third-order valence-electron chi connectivity index (χ3n) is 6.25. The van der Waals surface area contributed by atoms with Crippen molar-refractivity contribution in [1.29, 1.82) is 0 Å². The number of nitrogens with zero attached hydrogens (tertiary/aromatic N) is 2. The van der Waals surface area contributed by atoms with Crippen LogP contribution in [0.3, 0.4) is 0 Å². The standard InChI is InChI=1S/C20H27N3O3/c1-26-20-5-4-18(23(24)25)12-19(20)21-17-6-8-22(9-7-17)13-16-11-14-2-3-15(16)10-14/h2-5,12,14-17,21H,6-11,13H2,1H3/t14-,15+,16-/m1/s1. The summed E-state index contributed by atoms with van der Waals surface area (Å²) >= 11 is 0. The number of fused-ring (bicyclic) bond motifs is 2. The molecule has 140 valence electrons. The zero-order valence-electron chi connectivity index (χ0n) is 15.3. The number of nitro benzene ring substituents is 1. The lowest BCUT2D eigenvalue weighted by Crippen LogP contribution is -2.41. The van der Waals surface area contributed by atoms with Crippen molar-refractivity contribution in [3.8, 4) is 5.75 Å². The highest BCUT2D eigenvalue weighted by Crippen LogP contribution is 2.43. The number of rotatable bonds is 6. The van der Waals surface area contributed by atoms with Crippen molar-refractivity contribution in [3.63, 3.8) is 0 Å². The zero-order valence-corrected chi connectivity index (χ0v) is 15.3. The highest BCUT2D eigenvalue weighted by atomic mass is 16.6. The Hall–Kier alpha value is -2.08. The van der Waals surface area contributed by atoms with Gasteiger partial charge in [-0.15, -0.1) is 0 Å². The number of methoxy groups -OCH3 is 1. The molecule has 3 aliphatic rings. The Kier molecular flexibility index (Phi) is 4.85. The van der Waals surface area contributed by atoms with Crippen LogP contribution in [0, 0.1) is 27.9 Å². The molecule has 2 fully saturated rings. The van der Waals surface area contributed by atoms with Crippen LogP contribution in [-0.2, 0) is 0 Å². The van der Waals surface area contributed by atoms with Crippen LogP contribution in [0.1, 0.15) is 25.7 Å². The number of nitro groups is 1. The summed E-state index contributed by atoms with van der Waals surface area (Å²) in [4.78, 5) is 13.3. The number of nitrogens with one attached hydrogen (secondary N) is 1. The largest absolute Gasteiger partial charge is 0.495 e. The summed E-state index contributed by atoms with van der Waals surface area (Å²) in [7, 11) is 1.60. The highest BCUT2D eigenvalue weighted by Gasteiger charge is 2.36. The van der Waals surface area contributed by atoms with Gasteiger partial charge in [0.05, 0.1) is 17.7 Å². The summed E-state index contributed by atoms with van der Waals surface area (Å²) in [6.07, 6.45) is 9.69. The molecule has 0 spiro atoms. The Bertz CT molecular complexity index is 698. The first-order chi connectivity index (χ1) is 12.6. The summed E-state index contributed by atoms with van der Waals surface area (Å²) in [5.74, 6) is 3.15. The predicted octanol–water partition coefficient (Wildman–Crippen LogP) is 3.69. The smallest absolute Gasteiger partial charge is 0.271 e. The Balaban J connectivity index is 1.32. The summed E-state index contributed by atoms with van der Waals surface area (Å²) in [5.41, 5.74) is 0.813. The van der Waals surface area contributed by atoms with Crippen molar-refractivity contribution in [2.24, 2.45) is 17.8 Å². The summed E-state index contributed by atoms with van der Waals surface area (Å²) < 4.78 is 5.36. The lowest BCUT2D eigenvalue weighted by molar-refractivity contribution is -0.384. The third-order valence-corrected chi connectivity index (χ3v) is 6.25. The summed E-state index contributed by atoms with van der Waals surface area (Å²) in [6, 6.07) is 5.06. The van der Waals surface area contributed by atoms with Crippen LogP contribution in [0.5, 0.6) is 5.75 Å². The van der Waals surface area contributed by atoms with Gasteiger partial charge in [-0.3, -0.25) is 10.1 Å². The van der Waals surface area contributed by atoms with Gasteiger partial charge in [0.2, 0.25) is 0 Å². The number of piperidine rings is 1. The van der Waals surface area contributed by atoms with Crippen molar-refractivity contribution in [2.75, 3.05) is 32.1 Å². The molecule has 0 amide bonds. The minimum Gasteiger partial charge on any atom is -0.495 e. The van der Waals surface area contributed by atoms with E-state index in [-0.39, 0.29) is 10.6 Å². The van der Waals surface area contributed by atoms with Gasteiger partial charge in [0.1, 0.15) is 5.75 Å². The molecule has 0 radical (unpaired) electrons. The van der Waals surface area contributed by atoms with Gasteiger partial charge >= 0.3 is 0 Å². The average molecular weight is 357 g/mol. The molecule has 1 N–H and O–H groups in total. The second-order valence-electron chi connectivity index (χ2n) is 7.90. The summed E-state index contributed by atoms with van der Waals surface area (Å²) in [6.45, 7) is 3.40. The van der Waals surface area contributed by atoms with E-state index >= 15 is 0 Å². The number of allylic oxidation sites excluding steroid dienone is 2. The SMILES string of the molecule is COc1ccc([N+](=O)[O-])cc1NC1CCN(C[C@H]2C[C@@H]3C=C[C@H]2C3)CC1. The Morgan fingerprint density at radius 2 is 2.08 bits per heavy atom. The predicted molar refractivity (Wildman–Crippen MR) is 102 cm³/mol. The lowest BCUT2D eigenvalue weighted by atomic mass is 9.92.